The minimum Gasteiger partial charge on any atom is -0.457 e. The van der Waals surface area contributed by atoms with Crippen LogP contribution in [0.15, 0.2) is 60.8 Å². The molecule has 6 nitrogen and oxygen atoms in total. The third-order valence-electron chi connectivity index (χ3n) is 3.01. The summed E-state index contributed by atoms with van der Waals surface area (Å²) in [7, 11) is 0. The molecule has 7 heteroatoms. The fourth-order valence-corrected chi connectivity index (χ4v) is 1.96. The minimum absolute atomic E-state index is 0.244. The standard InChI is InChI=1S/C17H11FN2O4/c18-12-3-7-14(8-4-12)23-13-5-1-11(2-6-13)15-9-10-19-16(20-15)24-17(21)22/h1-10H,(H,21,22). The molecule has 0 aliphatic heterocycles. The summed E-state index contributed by atoms with van der Waals surface area (Å²) >= 11 is 0. The molecule has 0 spiro atoms. The highest BCUT2D eigenvalue weighted by Gasteiger charge is 2.07. The van der Waals surface area contributed by atoms with E-state index < -0.39 is 6.16 Å². The average molecular weight is 326 g/mol. The highest BCUT2D eigenvalue weighted by Crippen LogP contribution is 2.25. The van der Waals surface area contributed by atoms with Gasteiger partial charge in [0, 0.05) is 11.8 Å². The summed E-state index contributed by atoms with van der Waals surface area (Å²) in [5.74, 6) is 0.755. The first-order valence-corrected chi connectivity index (χ1v) is 6.88. The van der Waals surface area contributed by atoms with Crippen LogP contribution < -0.4 is 9.47 Å². The van der Waals surface area contributed by atoms with Crippen LogP contribution in [-0.2, 0) is 0 Å². The summed E-state index contributed by atoms with van der Waals surface area (Å²) in [6, 6.07) is 14.0. The van der Waals surface area contributed by atoms with E-state index in [1.54, 1.807) is 30.3 Å². The van der Waals surface area contributed by atoms with Crippen molar-refractivity contribution in [3.8, 4) is 28.8 Å². The lowest BCUT2D eigenvalue weighted by Crippen LogP contribution is -2.06. The summed E-state index contributed by atoms with van der Waals surface area (Å²) in [4.78, 5) is 18.2. The summed E-state index contributed by atoms with van der Waals surface area (Å²) in [6.45, 7) is 0. The SMILES string of the molecule is O=C(O)Oc1nccc(-c2ccc(Oc3ccc(F)cc3)cc2)n1. The Morgan fingerprint density at radius 1 is 0.958 bits per heavy atom. The molecule has 0 saturated heterocycles. The van der Waals surface area contributed by atoms with Crippen LogP contribution in [0, 0.1) is 5.82 Å². The molecule has 0 unspecified atom stereocenters. The van der Waals surface area contributed by atoms with Crippen LogP contribution in [0.1, 0.15) is 0 Å². The van der Waals surface area contributed by atoms with Gasteiger partial charge in [-0.25, -0.2) is 14.2 Å². The third-order valence-corrected chi connectivity index (χ3v) is 3.01. The molecule has 0 radical (unpaired) electrons. The van der Waals surface area contributed by atoms with Gasteiger partial charge in [-0.1, -0.05) is 0 Å². The average Bonchev–Trinajstić information content (AvgIpc) is 2.57. The van der Waals surface area contributed by atoms with Gasteiger partial charge in [-0.2, -0.15) is 4.98 Å². The van der Waals surface area contributed by atoms with Crippen LogP contribution in [-0.4, -0.2) is 21.2 Å². The molecular formula is C17H11FN2O4. The van der Waals surface area contributed by atoms with Crippen LogP contribution in [0.25, 0.3) is 11.3 Å². The molecule has 3 rings (SSSR count). The highest BCUT2D eigenvalue weighted by atomic mass is 19.1. The number of hydrogen-bond acceptors (Lipinski definition) is 5. The Morgan fingerprint density at radius 3 is 2.21 bits per heavy atom. The number of carbonyl (C=O) groups is 1. The van der Waals surface area contributed by atoms with Gasteiger partial charge in [0.15, 0.2) is 0 Å². The zero-order valence-corrected chi connectivity index (χ0v) is 12.2. The molecule has 0 aliphatic carbocycles. The van der Waals surface area contributed by atoms with Crippen LogP contribution in [0.3, 0.4) is 0 Å². The molecule has 3 aromatic rings. The Labute approximate surface area is 136 Å². The molecule has 0 fully saturated rings. The number of carboxylic acid groups (broad SMARTS) is 1. The summed E-state index contributed by atoms with van der Waals surface area (Å²) in [5.41, 5.74) is 1.24. The van der Waals surface area contributed by atoms with E-state index in [1.807, 2.05) is 0 Å². The van der Waals surface area contributed by atoms with Crippen LogP contribution in [0.2, 0.25) is 0 Å². The Bertz CT molecular complexity index is 851. The van der Waals surface area contributed by atoms with E-state index in [4.69, 9.17) is 9.84 Å². The molecule has 1 heterocycles. The Balaban J connectivity index is 1.76. The number of halogens is 1. The maximum atomic E-state index is 12.9. The van der Waals surface area contributed by atoms with Gasteiger partial charge >= 0.3 is 12.2 Å². The zero-order chi connectivity index (χ0) is 16.9. The summed E-state index contributed by atoms with van der Waals surface area (Å²) < 4.78 is 22.9. The molecule has 1 aromatic heterocycles. The van der Waals surface area contributed by atoms with Crippen LogP contribution in [0.5, 0.6) is 17.5 Å². The highest BCUT2D eigenvalue weighted by molar-refractivity contribution is 5.62. The van der Waals surface area contributed by atoms with E-state index in [1.165, 1.54) is 30.5 Å². The van der Waals surface area contributed by atoms with Gasteiger partial charge < -0.3 is 14.6 Å². The minimum atomic E-state index is -1.48. The first-order valence-electron chi connectivity index (χ1n) is 6.88. The fourth-order valence-electron chi connectivity index (χ4n) is 1.96. The Morgan fingerprint density at radius 2 is 1.58 bits per heavy atom. The van der Waals surface area contributed by atoms with Crippen LogP contribution >= 0.6 is 0 Å². The van der Waals surface area contributed by atoms with Gasteiger partial charge in [0.2, 0.25) is 0 Å². The van der Waals surface area contributed by atoms with E-state index in [0.717, 1.165) is 5.56 Å². The topological polar surface area (TPSA) is 81.5 Å². The first kappa shape index (κ1) is 15.4. The van der Waals surface area contributed by atoms with Gasteiger partial charge in [0.05, 0.1) is 5.69 Å². The van der Waals surface area contributed by atoms with E-state index in [0.29, 0.717) is 17.2 Å². The second kappa shape index (κ2) is 6.74. The molecule has 0 bridgehead atoms. The number of aromatic nitrogens is 2. The number of ether oxygens (including phenoxy) is 2. The predicted octanol–water partition coefficient (Wildman–Crippen LogP) is 4.13. The molecule has 0 saturated carbocycles. The van der Waals surface area contributed by atoms with E-state index in [9.17, 15) is 9.18 Å². The van der Waals surface area contributed by atoms with E-state index in [2.05, 4.69) is 14.7 Å². The van der Waals surface area contributed by atoms with E-state index >= 15 is 0 Å². The largest absolute Gasteiger partial charge is 0.513 e. The van der Waals surface area contributed by atoms with E-state index in [-0.39, 0.29) is 11.8 Å². The van der Waals surface area contributed by atoms with Crippen molar-refractivity contribution in [2.75, 3.05) is 0 Å². The fraction of sp³-hybridized carbons (Fsp3) is 0. The van der Waals surface area contributed by atoms with Crippen molar-refractivity contribution in [3.05, 3.63) is 66.6 Å². The molecule has 0 aliphatic rings. The molecule has 120 valence electrons. The van der Waals surface area contributed by atoms with Gasteiger partial charge in [0.25, 0.3) is 0 Å². The normalized spacial score (nSPS) is 10.2. The van der Waals surface area contributed by atoms with Crippen molar-refractivity contribution in [1.29, 1.82) is 0 Å². The van der Waals surface area contributed by atoms with Gasteiger partial charge in [0.1, 0.15) is 17.3 Å². The lowest BCUT2D eigenvalue weighted by molar-refractivity contribution is 0.140. The smallest absolute Gasteiger partial charge is 0.457 e. The second-order valence-electron chi connectivity index (χ2n) is 4.67. The third kappa shape index (κ3) is 3.83. The molecule has 0 atom stereocenters. The zero-order valence-electron chi connectivity index (χ0n) is 12.2. The Hall–Kier alpha value is -3.48. The van der Waals surface area contributed by atoms with Crippen LogP contribution in [0.4, 0.5) is 9.18 Å². The lowest BCUT2D eigenvalue weighted by atomic mass is 10.1. The number of rotatable bonds is 4. The van der Waals surface area contributed by atoms with Gasteiger partial charge in [-0.3, -0.25) is 0 Å². The maximum Gasteiger partial charge on any atom is 0.513 e. The Kier molecular flexibility index (Phi) is 4.33. The molecule has 0 amide bonds. The number of nitrogens with zero attached hydrogens (tertiary/aromatic N) is 2. The monoisotopic (exact) mass is 326 g/mol. The lowest BCUT2D eigenvalue weighted by Gasteiger charge is -2.07. The second-order valence-corrected chi connectivity index (χ2v) is 4.67. The van der Waals surface area contributed by atoms with Gasteiger partial charge in [-0.15, -0.1) is 0 Å². The predicted molar refractivity (Wildman–Crippen MR) is 82.6 cm³/mol. The van der Waals surface area contributed by atoms with Crippen molar-refractivity contribution in [2.24, 2.45) is 0 Å². The first-order chi connectivity index (χ1) is 11.6. The molecular weight excluding hydrogens is 315 g/mol. The summed E-state index contributed by atoms with van der Waals surface area (Å²) in [5, 5.41) is 8.58. The van der Waals surface area contributed by atoms with Crippen molar-refractivity contribution >= 4 is 6.16 Å². The molecule has 2 aromatic carbocycles. The molecule has 24 heavy (non-hydrogen) atoms. The number of hydrogen-bond donors (Lipinski definition) is 1. The van der Waals surface area contributed by atoms with Crippen molar-refractivity contribution in [3.63, 3.8) is 0 Å². The van der Waals surface area contributed by atoms with Crippen molar-refractivity contribution in [1.82, 2.24) is 9.97 Å². The van der Waals surface area contributed by atoms with Gasteiger partial charge in [-0.05, 0) is 54.6 Å². The van der Waals surface area contributed by atoms with Crippen molar-refractivity contribution in [2.45, 2.75) is 0 Å². The maximum absolute atomic E-state index is 12.9. The number of benzene rings is 2. The molecule has 1 N–H and O–H groups in total. The summed E-state index contributed by atoms with van der Waals surface area (Å²) in [6.07, 6.45) is -0.0704. The quantitative estimate of drug-likeness (QED) is 0.726. The van der Waals surface area contributed by atoms with Crippen molar-refractivity contribution < 1.29 is 23.8 Å².